The molecule has 1 aliphatic carbocycles. The fourth-order valence-corrected chi connectivity index (χ4v) is 6.40. The second-order valence-corrected chi connectivity index (χ2v) is 12.9. The summed E-state index contributed by atoms with van der Waals surface area (Å²) in [4.78, 5) is 28.2. The van der Waals surface area contributed by atoms with Gasteiger partial charge in [-0.1, -0.05) is 40.9 Å². The van der Waals surface area contributed by atoms with E-state index in [1.807, 2.05) is 24.3 Å². The summed E-state index contributed by atoms with van der Waals surface area (Å²) in [6.45, 7) is 2.97. The molecule has 39 heavy (non-hydrogen) atoms. The Morgan fingerprint density at radius 1 is 1.08 bits per heavy atom. The summed E-state index contributed by atoms with van der Waals surface area (Å²) in [7, 11) is -3.62. The molecule has 2 aromatic carbocycles. The van der Waals surface area contributed by atoms with Gasteiger partial charge in [0.2, 0.25) is 21.8 Å². The number of rotatable bonds is 11. The lowest BCUT2D eigenvalue weighted by molar-refractivity contribution is -0.141. The molecule has 0 spiro atoms. The summed E-state index contributed by atoms with van der Waals surface area (Å²) in [6.07, 6.45) is 5.62. The van der Waals surface area contributed by atoms with Crippen LogP contribution in [0, 0.1) is 0 Å². The number of nitrogens with one attached hydrogen (secondary N) is 1. The van der Waals surface area contributed by atoms with Gasteiger partial charge in [0.15, 0.2) is 11.5 Å². The van der Waals surface area contributed by atoms with Crippen LogP contribution < -0.4 is 19.1 Å². The highest BCUT2D eigenvalue weighted by atomic mass is 79.9. The predicted octanol–water partition coefficient (Wildman–Crippen LogP) is 4.24. The minimum atomic E-state index is -3.62. The SMILES string of the molecule is CC(C(=O)NC1CCCC1)N(Cc1cccc(Br)c1)C(=O)CCCN(c1ccc2c(c1)OCCO2)S(C)(=O)=O. The Labute approximate surface area is 239 Å². The molecule has 1 aliphatic heterocycles. The molecule has 1 fully saturated rings. The number of hydrogen-bond acceptors (Lipinski definition) is 6. The zero-order valence-corrected chi connectivity index (χ0v) is 24.8. The zero-order chi connectivity index (χ0) is 28.0. The summed E-state index contributed by atoms with van der Waals surface area (Å²) in [5.41, 5.74) is 1.34. The second kappa shape index (κ2) is 13.0. The topological polar surface area (TPSA) is 105 Å². The third kappa shape index (κ3) is 7.88. The molecule has 1 unspecified atom stereocenters. The molecule has 2 amide bonds. The Kier molecular flexibility index (Phi) is 9.76. The lowest BCUT2D eigenvalue weighted by Crippen LogP contribution is -2.49. The molecule has 1 heterocycles. The maximum atomic E-state index is 13.5. The number of sulfonamides is 1. The molecule has 4 rings (SSSR count). The standard InChI is InChI=1S/C28H36BrN3O6S/c1-20(28(34)30-23-9-3-4-10-23)31(19-21-7-5-8-22(29)17-21)27(33)11-6-14-32(39(2,35)36)24-12-13-25-26(18-24)38-16-15-37-25/h5,7-8,12-13,17-18,20,23H,3-4,6,9-11,14-16,19H2,1-2H3,(H,30,34). The molecule has 1 saturated carbocycles. The van der Waals surface area contributed by atoms with E-state index >= 15 is 0 Å². The van der Waals surface area contributed by atoms with E-state index in [0.29, 0.717) is 30.4 Å². The minimum Gasteiger partial charge on any atom is -0.486 e. The van der Waals surface area contributed by atoms with Gasteiger partial charge in [-0.3, -0.25) is 13.9 Å². The first kappa shape index (κ1) is 29.2. The van der Waals surface area contributed by atoms with Gasteiger partial charge >= 0.3 is 0 Å². The van der Waals surface area contributed by atoms with Crippen molar-refractivity contribution in [2.24, 2.45) is 0 Å². The van der Waals surface area contributed by atoms with Gasteiger partial charge in [0.25, 0.3) is 0 Å². The molecule has 1 atom stereocenters. The van der Waals surface area contributed by atoms with E-state index < -0.39 is 16.1 Å². The third-order valence-electron chi connectivity index (χ3n) is 7.08. The number of carbonyl (C=O) groups is 2. The number of anilines is 1. The van der Waals surface area contributed by atoms with E-state index in [1.165, 1.54) is 4.31 Å². The Balaban J connectivity index is 1.45. The Morgan fingerprint density at radius 3 is 2.49 bits per heavy atom. The van der Waals surface area contributed by atoms with Gasteiger partial charge in [-0.25, -0.2) is 8.42 Å². The Morgan fingerprint density at radius 2 is 1.79 bits per heavy atom. The van der Waals surface area contributed by atoms with Crippen LogP contribution >= 0.6 is 15.9 Å². The van der Waals surface area contributed by atoms with Crippen molar-refractivity contribution >= 4 is 43.5 Å². The molecule has 1 N–H and O–H groups in total. The number of hydrogen-bond donors (Lipinski definition) is 1. The van der Waals surface area contributed by atoms with E-state index in [0.717, 1.165) is 42.0 Å². The van der Waals surface area contributed by atoms with Crippen molar-refractivity contribution in [2.75, 3.05) is 30.3 Å². The first-order valence-electron chi connectivity index (χ1n) is 13.3. The maximum absolute atomic E-state index is 13.5. The molecular formula is C28H36BrN3O6S. The molecule has 2 aromatic rings. The molecule has 0 saturated heterocycles. The van der Waals surface area contributed by atoms with Crippen molar-refractivity contribution in [1.29, 1.82) is 0 Å². The average molecular weight is 623 g/mol. The van der Waals surface area contributed by atoms with Crippen molar-refractivity contribution in [1.82, 2.24) is 10.2 Å². The fraction of sp³-hybridized carbons (Fsp3) is 0.500. The number of amides is 2. The third-order valence-corrected chi connectivity index (χ3v) is 8.76. The van der Waals surface area contributed by atoms with Crippen LogP contribution in [0.5, 0.6) is 11.5 Å². The predicted molar refractivity (Wildman–Crippen MR) is 153 cm³/mol. The number of fused-ring (bicyclic) bond motifs is 1. The minimum absolute atomic E-state index is 0.0889. The smallest absolute Gasteiger partial charge is 0.242 e. The molecule has 0 aromatic heterocycles. The lowest BCUT2D eigenvalue weighted by Gasteiger charge is -2.30. The van der Waals surface area contributed by atoms with Gasteiger partial charge in [0.1, 0.15) is 19.3 Å². The quantitative estimate of drug-likeness (QED) is 0.402. The molecule has 11 heteroatoms. The average Bonchev–Trinajstić information content (AvgIpc) is 3.41. The number of benzene rings is 2. The highest BCUT2D eigenvalue weighted by Gasteiger charge is 2.29. The first-order valence-corrected chi connectivity index (χ1v) is 16.0. The van der Waals surface area contributed by atoms with Crippen LogP contribution in [0.25, 0.3) is 0 Å². The van der Waals surface area contributed by atoms with Crippen LogP contribution in [0.15, 0.2) is 46.9 Å². The Bertz CT molecular complexity index is 1280. The lowest BCUT2D eigenvalue weighted by atomic mass is 10.1. The summed E-state index contributed by atoms with van der Waals surface area (Å²) < 4.78 is 38.6. The molecule has 9 nitrogen and oxygen atoms in total. The summed E-state index contributed by atoms with van der Waals surface area (Å²) in [5, 5.41) is 3.10. The van der Waals surface area contributed by atoms with Gasteiger partial charge in [0, 0.05) is 36.1 Å². The van der Waals surface area contributed by atoms with Gasteiger partial charge in [-0.2, -0.15) is 0 Å². The fourth-order valence-electron chi connectivity index (χ4n) is 5.00. The van der Waals surface area contributed by atoms with Gasteiger partial charge < -0.3 is 19.7 Å². The van der Waals surface area contributed by atoms with Gasteiger partial charge in [0.05, 0.1) is 11.9 Å². The maximum Gasteiger partial charge on any atom is 0.242 e. The summed E-state index contributed by atoms with van der Waals surface area (Å²) in [5.74, 6) is 0.687. The van der Waals surface area contributed by atoms with E-state index in [9.17, 15) is 18.0 Å². The van der Waals surface area contributed by atoms with Crippen LogP contribution in [0.1, 0.15) is 51.0 Å². The van der Waals surface area contributed by atoms with Gasteiger partial charge in [-0.15, -0.1) is 0 Å². The van der Waals surface area contributed by atoms with Crippen molar-refractivity contribution in [2.45, 2.75) is 64.1 Å². The molecule has 0 bridgehead atoms. The normalized spacial score (nSPS) is 16.0. The van der Waals surface area contributed by atoms with Crippen molar-refractivity contribution in [3.05, 3.63) is 52.5 Å². The zero-order valence-electron chi connectivity index (χ0n) is 22.4. The molecule has 0 radical (unpaired) electrons. The van der Waals surface area contributed by atoms with E-state index in [1.54, 1.807) is 30.0 Å². The first-order chi connectivity index (χ1) is 18.6. The van der Waals surface area contributed by atoms with Crippen molar-refractivity contribution in [3.63, 3.8) is 0 Å². The second-order valence-electron chi connectivity index (χ2n) is 10.1. The van der Waals surface area contributed by atoms with Crippen LogP contribution in [-0.2, 0) is 26.2 Å². The summed E-state index contributed by atoms with van der Waals surface area (Å²) in [6, 6.07) is 12.1. The monoisotopic (exact) mass is 621 g/mol. The number of carbonyl (C=O) groups excluding carboxylic acids is 2. The van der Waals surface area contributed by atoms with Crippen molar-refractivity contribution < 1.29 is 27.5 Å². The van der Waals surface area contributed by atoms with Crippen LogP contribution in [-0.4, -0.2) is 63.2 Å². The highest BCUT2D eigenvalue weighted by Crippen LogP contribution is 2.34. The van der Waals surface area contributed by atoms with Gasteiger partial charge in [-0.05, 0) is 56.0 Å². The highest BCUT2D eigenvalue weighted by molar-refractivity contribution is 9.10. The molecule has 2 aliphatic rings. The largest absolute Gasteiger partial charge is 0.486 e. The van der Waals surface area contributed by atoms with Crippen molar-refractivity contribution in [3.8, 4) is 11.5 Å². The molecular weight excluding hydrogens is 586 g/mol. The number of nitrogens with zero attached hydrogens (tertiary/aromatic N) is 2. The summed E-state index contributed by atoms with van der Waals surface area (Å²) >= 11 is 3.47. The molecule has 212 valence electrons. The number of ether oxygens (including phenoxy) is 2. The van der Waals surface area contributed by atoms with E-state index in [4.69, 9.17) is 9.47 Å². The Hall–Kier alpha value is -2.79. The number of halogens is 1. The van der Waals surface area contributed by atoms with Crippen LogP contribution in [0.3, 0.4) is 0 Å². The van der Waals surface area contributed by atoms with E-state index in [-0.39, 0.29) is 43.8 Å². The van der Waals surface area contributed by atoms with E-state index in [2.05, 4.69) is 21.2 Å². The van der Waals surface area contributed by atoms with Crippen LogP contribution in [0.4, 0.5) is 5.69 Å². The van der Waals surface area contributed by atoms with Crippen LogP contribution in [0.2, 0.25) is 0 Å².